The molecule has 0 aromatic carbocycles. The van der Waals surface area contributed by atoms with Gasteiger partial charge in [0.15, 0.2) is 0 Å². The molecule has 4 heteroatoms. The molecular weight excluding hydrogens is 180 g/mol. The lowest BCUT2D eigenvalue weighted by atomic mass is 10.1. The summed E-state index contributed by atoms with van der Waals surface area (Å²) in [5.74, 6) is -0.250. The second-order valence-electron chi connectivity index (χ2n) is 3.35. The molecule has 0 radical (unpaired) electrons. The van der Waals surface area contributed by atoms with E-state index in [1.165, 1.54) is 7.11 Å². The zero-order valence-corrected chi connectivity index (χ0v) is 9.25. The fraction of sp³-hybridized carbons (Fsp3) is 0.700. The third-order valence-electron chi connectivity index (χ3n) is 1.83. The van der Waals surface area contributed by atoms with E-state index in [4.69, 9.17) is 5.73 Å². The monoisotopic (exact) mass is 200 g/mol. The summed E-state index contributed by atoms with van der Waals surface area (Å²) in [6.45, 7) is 1.40. The molecule has 0 aliphatic heterocycles. The topological polar surface area (TPSA) is 55.6 Å². The molecule has 0 aliphatic carbocycles. The maximum atomic E-state index is 11.3. The van der Waals surface area contributed by atoms with Crippen LogP contribution in [-0.2, 0) is 9.53 Å². The van der Waals surface area contributed by atoms with Gasteiger partial charge in [-0.25, -0.2) is 4.79 Å². The fourth-order valence-corrected chi connectivity index (χ4v) is 1.02. The Morgan fingerprint density at radius 2 is 2.14 bits per heavy atom. The molecule has 0 aromatic heterocycles. The van der Waals surface area contributed by atoms with E-state index in [1.807, 2.05) is 25.1 Å². The summed E-state index contributed by atoms with van der Waals surface area (Å²) in [5, 5.41) is 0. The summed E-state index contributed by atoms with van der Waals surface area (Å²) >= 11 is 0. The van der Waals surface area contributed by atoms with Crippen LogP contribution in [0.1, 0.15) is 12.8 Å². The maximum absolute atomic E-state index is 11.3. The average Bonchev–Trinajstić information content (AvgIpc) is 2.16. The Bertz CT molecular complexity index is 200. The van der Waals surface area contributed by atoms with Crippen molar-refractivity contribution in [1.29, 1.82) is 0 Å². The van der Waals surface area contributed by atoms with Gasteiger partial charge >= 0.3 is 5.97 Å². The van der Waals surface area contributed by atoms with Gasteiger partial charge < -0.3 is 15.4 Å². The van der Waals surface area contributed by atoms with E-state index in [0.29, 0.717) is 18.5 Å². The zero-order chi connectivity index (χ0) is 11.0. The molecule has 0 atom stereocenters. The van der Waals surface area contributed by atoms with Gasteiger partial charge in [-0.2, -0.15) is 0 Å². The van der Waals surface area contributed by atoms with Crippen LogP contribution in [0.25, 0.3) is 0 Å². The standard InChI is InChI=1S/C10H20N2O2/c1-12(2)8-6-9(5-4-7-11)10(13)14-3/h5H,4,6-8,11H2,1-3H3. The van der Waals surface area contributed by atoms with Gasteiger partial charge in [0.2, 0.25) is 0 Å². The lowest BCUT2D eigenvalue weighted by Gasteiger charge is -2.10. The number of rotatable bonds is 6. The summed E-state index contributed by atoms with van der Waals surface area (Å²) in [6.07, 6.45) is 3.28. The Labute approximate surface area is 85.7 Å². The van der Waals surface area contributed by atoms with E-state index in [2.05, 4.69) is 4.74 Å². The highest BCUT2D eigenvalue weighted by atomic mass is 16.5. The van der Waals surface area contributed by atoms with Gasteiger partial charge in [0.25, 0.3) is 0 Å². The first kappa shape index (κ1) is 13.1. The molecule has 0 amide bonds. The van der Waals surface area contributed by atoms with Crippen molar-refractivity contribution in [3.05, 3.63) is 11.6 Å². The normalized spacial score (nSPS) is 11.9. The number of methoxy groups -OCH3 is 1. The Hall–Kier alpha value is -0.870. The molecule has 0 rings (SSSR count). The number of nitrogens with zero attached hydrogens (tertiary/aromatic N) is 1. The third-order valence-corrected chi connectivity index (χ3v) is 1.83. The van der Waals surface area contributed by atoms with Crippen molar-refractivity contribution in [2.75, 3.05) is 34.3 Å². The van der Waals surface area contributed by atoms with Gasteiger partial charge in [-0.3, -0.25) is 0 Å². The van der Waals surface area contributed by atoms with E-state index >= 15 is 0 Å². The predicted molar refractivity (Wildman–Crippen MR) is 56.9 cm³/mol. The van der Waals surface area contributed by atoms with E-state index < -0.39 is 0 Å². The molecule has 2 N–H and O–H groups in total. The predicted octanol–water partition coefficient (Wildman–Crippen LogP) is 0.386. The molecule has 14 heavy (non-hydrogen) atoms. The number of ether oxygens (including phenoxy) is 1. The molecule has 0 aromatic rings. The summed E-state index contributed by atoms with van der Waals surface area (Å²) in [7, 11) is 5.34. The van der Waals surface area contributed by atoms with Gasteiger partial charge in [0.1, 0.15) is 0 Å². The van der Waals surface area contributed by atoms with E-state index in [0.717, 1.165) is 13.0 Å². The molecule has 0 saturated heterocycles. The van der Waals surface area contributed by atoms with Crippen molar-refractivity contribution >= 4 is 5.97 Å². The van der Waals surface area contributed by atoms with Gasteiger partial charge in [-0.1, -0.05) is 6.08 Å². The molecule has 0 heterocycles. The Kier molecular flexibility index (Phi) is 7.06. The van der Waals surface area contributed by atoms with Crippen molar-refractivity contribution in [2.45, 2.75) is 12.8 Å². The lowest BCUT2D eigenvalue weighted by molar-refractivity contribution is -0.136. The molecule has 0 saturated carbocycles. The van der Waals surface area contributed by atoms with Gasteiger partial charge in [-0.05, 0) is 33.5 Å². The van der Waals surface area contributed by atoms with Gasteiger partial charge in [0.05, 0.1) is 7.11 Å². The summed E-state index contributed by atoms with van der Waals surface area (Å²) in [6, 6.07) is 0. The van der Waals surface area contributed by atoms with Crippen LogP contribution < -0.4 is 5.73 Å². The van der Waals surface area contributed by atoms with Crippen LogP contribution in [0, 0.1) is 0 Å². The quantitative estimate of drug-likeness (QED) is 0.497. The largest absolute Gasteiger partial charge is 0.466 e. The van der Waals surface area contributed by atoms with Crippen LogP contribution in [0.4, 0.5) is 0 Å². The number of nitrogens with two attached hydrogens (primary N) is 1. The number of hydrogen-bond acceptors (Lipinski definition) is 4. The third kappa shape index (κ3) is 5.72. The zero-order valence-electron chi connectivity index (χ0n) is 9.25. The van der Waals surface area contributed by atoms with E-state index in [9.17, 15) is 4.79 Å². The van der Waals surface area contributed by atoms with Crippen LogP contribution in [0.15, 0.2) is 11.6 Å². The highest BCUT2D eigenvalue weighted by Gasteiger charge is 2.08. The number of hydrogen-bond donors (Lipinski definition) is 1. The average molecular weight is 200 g/mol. The van der Waals surface area contributed by atoms with Crippen molar-refractivity contribution in [3.8, 4) is 0 Å². The Morgan fingerprint density at radius 1 is 1.50 bits per heavy atom. The van der Waals surface area contributed by atoms with E-state index in [1.54, 1.807) is 0 Å². The van der Waals surface area contributed by atoms with E-state index in [-0.39, 0.29) is 5.97 Å². The second kappa shape index (κ2) is 7.53. The maximum Gasteiger partial charge on any atom is 0.333 e. The minimum Gasteiger partial charge on any atom is -0.466 e. The number of carbonyl (C=O) groups excluding carboxylic acids is 1. The fourth-order valence-electron chi connectivity index (χ4n) is 1.02. The molecule has 0 aliphatic rings. The summed E-state index contributed by atoms with van der Waals surface area (Å²) in [5.41, 5.74) is 6.08. The van der Waals surface area contributed by atoms with Crippen LogP contribution in [0.2, 0.25) is 0 Å². The van der Waals surface area contributed by atoms with Gasteiger partial charge in [0, 0.05) is 12.1 Å². The first-order valence-electron chi connectivity index (χ1n) is 4.74. The molecule has 0 bridgehead atoms. The lowest BCUT2D eigenvalue weighted by Crippen LogP contribution is -2.16. The number of carbonyl (C=O) groups is 1. The SMILES string of the molecule is COC(=O)C(=CCCN)CCN(C)C. The molecule has 82 valence electrons. The molecule has 0 unspecified atom stereocenters. The highest BCUT2D eigenvalue weighted by Crippen LogP contribution is 2.05. The molecule has 4 nitrogen and oxygen atoms in total. The first-order valence-corrected chi connectivity index (χ1v) is 4.74. The molecular formula is C10H20N2O2. The minimum absolute atomic E-state index is 0.250. The van der Waals surface area contributed by atoms with Crippen molar-refractivity contribution in [3.63, 3.8) is 0 Å². The van der Waals surface area contributed by atoms with Crippen LogP contribution in [0.3, 0.4) is 0 Å². The van der Waals surface area contributed by atoms with Crippen molar-refractivity contribution < 1.29 is 9.53 Å². The highest BCUT2D eigenvalue weighted by molar-refractivity contribution is 5.88. The Morgan fingerprint density at radius 3 is 2.57 bits per heavy atom. The minimum atomic E-state index is -0.250. The molecule has 0 spiro atoms. The van der Waals surface area contributed by atoms with Crippen LogP contribution >= 0.6 is 0 Å². The second-order valence-corrected chi connectivity index (χ2v) is 3.35. The van der Waals surface area contributed by atoms with Crippen molar-refractivity contribution in [2.24, 2.45) is 5.73 Å². The number of esters is 1. The summed E-state index contributed by atoms with van der Waals surface area (Å²) < 4.78 is 4.68. The van der Waals surface area contributed by atoms with Crippen molar-refractivity contribution in [1.82, 2.24) is 4.90 Å². The first-order chi connectivity index (χ1) is 6.61. The smallest absolute Gasteiger partial charge is 0.333 e. The van der Waals surface area contributed by atoms with Gasteiger partial charge in [-0.15, -0.1) is 0 Å². The van der Waals surface area contributed by atoms with Crippen LogP contribution in [-0.4, -0.2) is 45.2 Å². The molecule has 0 fully saturated rings. The Balaban J connectivity index is 4.18. The van der Waals surface area contributed by atoms with Crippen LogP contribution in [0.5, 0.6) is 0 Å². The summed E-state index contributed by atoms with van der Waals surface area (Å²) in [4.78, 5) is 13.3.